The van der Waals surface area contributed by atoms with Gasteiger partial charge in [0, 0.05) is 0 Å². The number of ketones is 2. The molecule has 0 aromatic heterocycles. The van der Waals surface area contributed by atoms with E-state index in [4.69, 9.17) is 9.47 Å². The van der Waals surface area contributed by atoms with Crippen molar-refractivity contribution in [3.63, 3.8) is 0 Å². The molecule has 2 aromatic carbocycles. The first kappa shape index (κ1) is 20.9. The predicted molar refractivity (Wildman–Crippen MR) is 104 cm³/mol. The van der Waals surface area contributed by atoms with Crippen molar-refractivity contribution in [2.75, 3.05) is 13.2 Å². The Hall–Kier alpha value is -3.14. The van der Waals surface area contributed by atoms with Crippen molar-refractivity contribution < 1.29 is 19.1 Å². The standard InChI is InChI=1S/C21H20O4.CH4/c1-3-18(22)14-24-20-9-5-16(6-10-20)13-17-7-11-21(12-8-17)25-15-19(23)4-2;/h3-12H,1-2,13-15H2;1H4. The van der Waals surface area contributed by atoms with Gasteiger partial charge in [0.05, 0.1) is 0 Å². The van der Waals surface area contributed by atoms with Crippen molar-refractivity contribution in [3.8, 4) is 11.5 Å². The van der Waals surface area contributed by atoms with Crippen LogP contribution in [0.15, 0.2) is 73.8 Å². The summed E-state index contributed by atoms with van der Waals surface area (Å²) in [6.07, 6.45) is 3.25. The molecular formula is C22H24O4. The Kier molecular flexibility index (Phi) is 8.58. The van der Waals surface area contributed by atoms with Crippen LogP contribution in [0.3, 0.4) is 0 Å². The summed E-state index contributed by atoms with van der Waals surface area (Å²) in [5.74, 6) is 0.992. The Labute approximate surface area is 154 Å². The van der Waals surface area contributed by atoms with Crippen molar-refractivity contribution in [1.82, 2.24) is 0 Å². The summed E-state index contributed by atoms with van der Waals surface area (Å²) in [6.45, 7) is 6.81. The van der Waals surface area contributed by atoms with Gasteiger partial charge >= 0.3 is 0 Å². The second-order valence-electron chi connectivity index (χ2n) is 5.38. The molecule has 0 atom stereocenters. The van der Waals surface area contributed by atoms with Gasteiger partial charge in [-0.3, -0.25) is 9.59 Å². The van der Waals surface area contributed by atoms with Crippen molar-refractivity contribution in [2.24, 2.45) is 0 Å². The van der Waals surface area contributed by atoms with Crippen LogP contribution in [0.1, 0.15) is 18.6 Å². The largest absolute Gasteiger partial charge is 0.485 e. The number of hydrogen-bond acceptors (Lipinski definition) is 4. The van der Waals surface area contributed by atoms with Crippen LogP contribution in [0.2, 0.25) is 0 Å². The average Bonchev–Trinajstić information content (AvgIpc) is 2.66. The summed E-state index contributed by atoms with van der Waals surface area (Å²) in [5.41, 5.74) is 2.25. The zero-order valence-corrected chi connectivity index (χ0v) is 13.9. The van der Waals surface area contributed by atoms with E-state index in [0.29, 0.717) is 11.5 Å². The first-order valence-electron chi connectivity index (χ1n) is 7.84. The topological polar surface area (TPSA) is 52.6 Å². The van der Waals surface area contributed by atoms with Gasteiger partial charge in [0.25, 0.3) is 0 Å². The highest BCUT2D eigenvalue weighted by Gasteiger charge is 2.02. The molecule has 0 radical (unpaired) electrons. The highest BCUT2D eigenvalue weighted by molar-refractivity contribution is 5.90. The van der Waals surface area contributed by atoms with Crippen molar-refractivity contribution in [1.29, 1.82) is 0 Å². The lowest BCUT2D eigenvalue weighted by Crippen LogP contribution is -2.07. The molecule has 0 spiro atoms. The van der Waals surface area contributed by atoms with Gasteiger partial charge in [-0.1, -0.05) is 44.8 Å². The molecule has 2 rings (SSSR count). The third kappa shape index (κ3) is 6.77. The number of ether oxygens (including phenoxy) is 2. The maximum absolute atomic E-state index is 11.1. The number of rotatable bonds is 10. The molecule has 0 N–H and O–H groups in total. The van der Waals surface area contributed by atoms with Gasteiger partial charge in [-0.05, 0) is 54.0 Å². The molecule has 0 unspecified atom stereocenters. The summed E-state index contributed by atoms with van der Waals surface area (Å²) in [7, 11) is 0. The molecule has 0 bridgehead atoms. The Bertz CT molecular complexity index is 677. The second kappa shape index (κ2) is 10.7. The maximum atomic E-state index is 11.1. The van der Waals surface area contributed by atoms with E-state index in [2.05, 4.69) is 13.2 Å². The summed E-state index contributed by atoms with van der Waals surface area (Å²) in [4.78, 5) is 22.3. The molecular weight excluding hydrogens is 328 g/mol. The third-order valence-electron chi connectivity index (χ3n) is 3.47. The molecule has 4 heteroatoms. The van der Waals surface area contributed by atoms with Crippen LogP contribution >= 0.6 is 0 Å². The van der Waals surface area contributed by atoms with Crippen LogP contribution in [0.5, 0.6) is 11.5 Å². The molecule has 0 aliphatic heterocycles. The minimum atomic E-state index is -0.152. The summed E-state index contributed by atoms with van der Waals surface area (Å²) in [5, 5.41) is 0. The molecule has 26 heavy (non-hydrogen) atoms. The van der Waals surface area contributed by atoms with Gasteiger partial charge in [0.2, 0.25) is 0 Å². The number of hydrogen-bond donors (Lipinski definition) is 0. The van der Waals surface area contributed by atoms with Gasteiger partial charge in [-0.25, -0.2) is 0 Å². The predicted octanol–water partition coefficient (Wildman–Crippen LogP) is 4.18. The van der Waals surface area contributed by atoms with Crippen LogP contribution < -0.4 is 9.47 Å². The van der Waals surface area contributed by atoms with E-state index in [1.165, 1.54) is 12.2 Å². The number of carbonyl (C=O) groups is 2. The molecule has 0 amide bonds. The van der Waals surface area contributed by atoms with Gasteiger partial charge in [0.1, 0.15) is 11.5 Å². The molecule has 0 saturated carbocycles. The second-order valence-corrected chi connectivity index (χ2v) is 5.38. The molecule has 136 valence electrons. The van der Waals surface area contributed by atoms with Crippen LogP contribution in [0, 0.1) is 0 Å². The lowest BCUT2D eigenvalue weighted by Gasteiger charge is -2.07. The fourth-order valence-electron chi connectivity index (χ4n) is 2.07. The quantitative estimate of drug-likeness (QED) is 0.602. The first-order chi connectivity index (χ1) is 12.1. The van der Waals surface area contributed by atoms with E-state index in [0.717, 1.165) is 17.5 Å². The van der Waals surface area contributed by atoms with Gasteiger partial charge < -0.3 is 9.47 Å². The minimum Gasteiger partial charge on any atom is -0.485 e. The molecule has 0 aliphatic carbocycles. The maximum Gasteiger partial charge on any atom is 0.192 e. The Morgan fingerprint density at radius 3 is 1.38 bits per heavy atom. The molecule has 0 heterocycles. The van der Waals surface area contributed by atoms with E-state index in [9.17, 15) is 9.59 Å². The lowest BCUT2D eigenvalue weighted by atomic mass is 10.0. The number of carbonyl (C=O) groups excluding carboxylic acids is 2. The molecule has 4 nitrogen and oxygen atoms in total. The Morgan fingerprint density at radius 1 is 0.731 bits per heavy atom. The van der Waals surface area contributed by atoms with Gasteiger partial charge in [-0.2, -0.15) is 0 Å². The zero-order valence-electron chi connectivity index (χ0n) is 13.9. The third-order valence-corrected chi connectivity index (χ3v) is 3.47. The summed E-state index contributed by atoms with van der Waals surface area (Å²) < 4.78 is 10.7. The smallest absolute Gasteiger partial charge is 0.192 e. The van der Waals surface area contributed by atoms with E-state index in [1.807, 2.05) is 48.5 Å². The summed E-state index contributed by atoms with van der Waals surface area (Å²) in [6, 6.07) is 15.2. The van der Waals surface area contributed by atoms with Crippen molar-refractivity contribution in [3.05, 3.63) is 85.0 Å². The van der Waals surface area contributed by atoms with Crippen molar-refractivity contribution in [2.45, 2.75) is 13.8 Å². The summed E-state index contributed by atoms with van der Waals surface area (Å²) >= 11 is 0. The van der Waals surface area contributed by atoms with Crippen LogP contribution in [-0.4, -0.2) is 24.8 Å². The normalized spacial score (nSPS) is 9.54. The van der Waals surface area contributed by atoms with E-state index >= 15 is 0 Å². The van der Waals surface area contributed by atoms with Gasteiger partial charge in [0.15, 0.2) is 24.8 Å². The molecule has 0 saturated heterocycles. The van der Waals surface area contributed by atoms with E-state index < -0.39 is 0 Å². The first-order valence-corrected chi connectivity index (χ1v) is 7.84. The van der Waals surface area contributed by atoms with Crippen LogP contribution in [0.4, 0.5) is 0 Å². The highest BCUT2D eigenvalue weighted by atomic mass is 16.5. The lowest BCUT2D eigenvalue weighted by molar-refractivity contribution is -0.117. The Morgan fingerprint density at radius 2 is 1.08 bits per heavy atom. The van der Waals surface area contributed by atoms with Crippen LogP contribution in [0.25, 0.3) is 0 Å². The fraction of sp³-hybridized carbons (Fsp3) is 0.182. The SMILES string of the molecule is C.C=CC(=O)COc1ccc(Cc2ccc(OCC(=O)C=C)cc2)cc1. The number of benzene rings is 2. The molecule has 0 aliphatic rings. The zero-order chi connectivity index (χ0) is 18.1. The molecule has 2 aromatic rings. The van der Waals surface area contributed by atoms with E-state index in [1.54, 1.807) is 0 Å². The molecule has 0 fully saturated rings. The van der Waals surface area contributed by atoms with Crippen molar-refractivity contribution >= 4 is 11.6 Å². The van der Waals surface area contributed by atoms with E-state index in [-0.39, 0.29) is 32.2 Å². The Balaban J connectivity index is 0.00000338. The monoisotopic (exact) mass is 352 g/mol. The van der Waals surface area contributed by atoms with Gasteiger partial charge in [-0.15, -0.1) is 0 Å². The highest BCUT2D eigenvalue weighted by Crippen LogP contribution is 2.18. The van der Waals surface area contributed by atoms with Crippen LogP contribution in [-0.2, 0) is 16.0 Å². The minimum absolute atomic E-state index is 0. The average molecular weight is 352 g/mol. The fourth-order valence-corrected chi connectivity index (χ4v) is 2.07.